The smallest absolute Gasteiger partial charge is 0.409 e. The summed E-state index contributed by atoms with van der Waals surface area (Å²) >= 11 is 6.26. The van der Waals surface area contributed by atoms with E-state index in [1.54, 1.807) is 11.1 Å². The van der Waals surface area contributed by atoms with Crippen molar-refractivity contribution in [1.29, 1.82) is 0 Å². The molecular formula is C15H23ClN4O2. The number of carbonyl (C=O) groups excluding carboxylic acids is 1. The van der Waals surface area contributed by atoms with Crippen LogP contribution in [0.5, 0.6) is 0 Å². The van der Waals surface area contributed by atoms with Crippen LogP contribution >= 0.6 is 11.6 Å². The van der Waals surface area contributed by atoms with Crippen molar-refractivity contribution in [3.05, 3.63) is 23.5 Å². The van der Waals surface area contributed by atoms with Gasteiger partial charge in [0.1, 0.15) is 5.65 Å². The summed E-state index contributed by atoms with van der Waals surface area (Å²) in [5.41, 5.74) is 1.66. The van der Waals surface area contributed by atoms with Crippen LogP contribution in [0.25, 0.3) is 11.0 Å². The summed E-state index contributed by atoms with van der Waals surface area (Å²) in [5.74, 6) is 0. The second-order valence-electron chi connectivity index (χ2n) is 5.41. The predicted octanol–water partition coefficient (Wildman–Crippen LogP) is 3.74. The fourth-order valence-corrected chi connectivity index (χ4v) is 2.86. The monoisotopic (exact) mass is 326 g/mol. The number of nitrogens with zero attached hydrogens (tertiary/aromatic N) is 2. The van der Waals surface area contributed by atoms with Crippen molar-refractivity contribution in [2.75, 3.05) is 25.0 Å². The van der Waals surface area contributed by atoms with E-state index in [4.69, 9.17) is 16.3 Å². The number of pyridine rings is 1. The lowest BCUT2D eigenvalue weighted by molar-refractivity contribution is 0.110. The van der Waals surface area contributed by atoms with Crippen LogP contribution in [0.4, 0.5) is 10.5 Å². The summed E-state index contributed by atoms with van der Waals surface area (Å²) in [7, 11) is 0. The van der Waals surface area contributed by atoms with Crippen LogP contribution in [-0.2, 0) is 4.74 Å². The first-order valence-corrected chi connectivity index (χ1v) is 7.86. The molecule has 0 unspecified atom stereocenters. The number of aromatic amines is 1. The molecule has 1 amide bonds. The number of hydrogen-bond donors (Lipinski definition) is 2. The van der Waals surface area contributed by atoms with Gasteiger partial charge in [-0.2, -0.15) is 0 Å². The number of H-pyrrole nitrogens is 1. The largest absolute Gasteiger partial charge is 0.449 e. The van der Waals surface area contributed by atoms with E-state index in [2.05, 4.69) is 15.3 Å². The highest BCUT2D eigenvalue weighted by Gasteiger charge is 2.28. The molecule has 7 heteroatoms. The zero-order valence-corrected chi connectivity index (χ0v) is 13.2. The molecule has 3 rings (SSSR count). The van der Waals surface area contributed by atoms with Gasteiger partial charge in [0.15, 0.2) is 0 Å². The molecule has 0 radical (unpaired) electrons. The van der Waals surface area contributed by atoms with E-state index in [0.29, 0.717) is 24.7 Å². The van der Waals surface area contributed by atoms with Crippen molar-refractivity contribution in [1.82, 2.24) is 14.9 Å². The Labute approximate surface area is 136 Å². The Kier molecular flexibility index (Phi) is 4.38. The normalized spacial score (nSPS) is 17.9. The van der Waals surface area contributed by atoms with Crippen LogP contribution in [0.1, 0.15) is 22.6 Å². The minimum atomic E-state index is -0.237. The molecule has 0 spiro atoms. The van der Waals surface area contributed by atoms with Crippen LogP contribution in [0.2, 0.25) is 5.02 Å². The van der Waals surface area contributed by atoms with Crippen LogP contribution in [0.15, 0.2) is 18.5 Å². The zero-order chi connectivity index (χ0) is 15.5. The summed E-state index contributed by atoms with van der Waals surface area (Å²) in [6, 6.07) is 2.10. The molecule has 0 bridgehead atoms. The number of amides is 1. The molecule has 2 aromatic heterocycles. The van der Waals surface area contributed by atoms with Gasteiger partial charge in [-0.05, 0) is 18.9 Å². The number of ether oxygens (including phenoxy) is 1. The number of nitrogens with one attached hydrogen (secondary N) is 2. The van der Waals surface area contributed by atoms with Gasteiger partial charge in [-0.15, -0.1) is 0 Å². The molecule has 3 heterocycles. The van der Waals surface area contributed by atoms with Crippen molar-refractivity contribution in [2.24, 2.45) is 0 Å². The molecular weight excluding hydrogens is 304 g/mol. The Morgan fingerprint density at radius 2 is 2.55 bits per heavy atom. The minimum absolute atomic E-state index is 0. The molecule has 2 N–H and O–H groups in total. The van der Waals surface area contributed by atoms with Gasteiger partial charge < -0.3 is 19.9 Å². The first-order valence-electron chi connectivity index (χ1n) is 7.49. The van der Waals surface area contributed by atoms with Crippen molar-refractivity contribution in [3.8, 4) is 0 Å². The second kappa shape index (κ2) is 6.44. The molecule has 0 aliphatic carbocycles. The van der Waals surface area contributed by atoms with Gasteiger partial charge in [0.2, 0.25) is 0 Å². The third-order valence-corrected chi connectivity index (χ3v) is 4.05. The van der Waals surface area contributed by atoms with Crippen LogP contribution in [-0.4, -0.2) is 46.7 Å². The lowest BCUT2D eigenvalue weighted by Gasteiger charge is -2.18. The van der Waals surface area contributed by atoms with Crippen molar-refractivity contribution < 1.29 is 12.4 Å². The van der Waals surface area contributed by atoms with E-state index in [9.17, 15) is 4.79 Å². The summed E-state index contributed by atoms with van der Waals surface area (Å²) in [6.07, 6.45) is 4.93. The average Bonchev–Trinajstić information content (AvgIpc) is 3.16. The van der Waals surface area contributed by atoms with E-state index in [1.165, 1.54) is 0 Å². The maximum atomic E-state index is 11.9. The molecule has 0 saturated carbocycles. The second-order valence-corrected chi connectivity index (χ2v) is 5.82. The van der Waals surface area contributed by atoms with E-state index >= 15 is 0 Å². The summed E-state index contributed by atoms with van der Waals surface area (Å²) < 4.78 is 5.17. The topological polar surface area (TPSA) is 70.2 Å². The lowest BCUT2D eigenvalue weighted by Crippen LogP contribution is -2.32. The lowest BCUT2D eigenvalue weighted by atomic mass is 10.2. The van der Waals surface area contributed by atoms with Crippen LogP contribution < -0.4 is 5.32 Å². The van der Waals surface area contributed by atoms with E-state index in [-0.39, 0.29) is 15.0 Å². The van der Waals surface area contributed by atoms with Gasteiger partial charge in [-0.1, -0.05) is 18.5 Å². The Hall–Kier alpha value is -1.95. The highest BCUT2D eigenvalue weighted by Crippen LogP contribution is 2.30. The minimum Gasteiger partial charge on any atom is -0.449 e. The number of hydrogen-bond acceptors (Lipinski definition) is 4. The number of anilines is 1. The number of aromatic nitrogens is 2. The zero-order valence-electron chi connectivity index (χ0n) is 12.4. The molecule has 22 heavy (non-hydrogen) atoms. The maximum Gasteiger partial charge on any atom is 0.409 e. The van der Waals surface area contributed by atoms with Crippen molar-refractivity contribution in [2.45, 2.75) is 25.8 Å². The number of carbonyl (C=O) groups is 1. The first kappa shape index (κ1) is 15.0. The van der Waals surface area contributed by atoms with Gasteiger partial charge in [0.25, 0.3) is 0 Å². The number of halogens is 1. The highest BCUT2D eigenvalue weighted by atomic mass is 35.5. The maximum absolute atomic E-state index is 11.9. The standard InChI is InChI=1S/C15H19ClN4O2.2H2/c1-2-7-22-15(21)20-6-4-10(9-20)19-13-11-3-5-17-14(11)18-8-12(13)16;;/h3,5,8,10H,2,4,6-7,9H2,1H3,(H2,17,18,19);2*1H/t10-;;/m1../s1. The number of likely N-dealkylation sites (tertiary alicyclic amines) is 1. The molecule has 1 aliphatic heterocycles. The predicted molar refractivity (Wildman–Crippen MR) is 90.6 cm³/mol. The number of fused-ring (bicyclic) bond motifs is 1. The molecule has 1 aliphatic rings. The quantitative estimate of drug-likeness (QED) is 0.898. The summed E-state index contributed by atoms with van der Waals surface area (Å²) in [6.45, 7) is 3.76. The SMILES string of the molecule is CCCOC(=O)N1CC[C@@H](Nc2c(Cl)cnc3[nH]ccc23)C1.[HH].[HH]. The van der Waals surface area contributed by atoms with Crippen LogP contribution in [0, 0.1) is 0 Å². The van der Waals surface area contributed by atoms with E-state index in [0.717, 1.165) is 29.6 Å². The van der Waals surface area contributed by atoms with E-state index in [1.807, 2.05) is 19.2 Å². The van der Waals surface area contributed by atoms with Crippen molar-refractivity contribution in [3.63, 3.8) is 0 Å². The Bertz CT molecular complexity index is 683. The fraction of sp³-hybridized carbons (Fsp3) is 0.467. The van der Waals surface area contributed by atoms with Gasteiger partial charge in [0.05, 0.1) is 23.5 Å². The van der Waals surface area contributed by atoms with Gasteiger partial charge in [-0.3, -0.25) is 0 Å². The fourth-order valence-electron chi connectivity index (χ4n) is 2.66. The van der Waals surface area contributed by atoms with Crippen molar-refractivity contribution >= 4 is 34.4 Å². The molecule has 0 aromatic carbocycles. The van der Waals surface area contributed by atoms with Gasteiger partial charge in [-0.25, -0.2) is 9.78 Å². The molecule has 2 aromatic rings. The Morgan fingerprint density at radius 1 is 1.68 bits per heavy atom. The summed E-state index contributed by atoms with van der Waals surface area (Å²) in [5, 5.41) is 4.98. The number of rotatable bonds is 4. The Balaban J connectivity index is 0.00000144. The molecule has 6 nitrogen and oxygen atoms in total. The first-order chi connectivity index (χ1) is 10.7. The molecule has 1 saturated heterocycles. The van der Waals surface area contributed by atoms with Gasteiger partial charge in [0, 0.05) is 33.6 Å². The van der Waals surface area contributed by atoms with Gasteiger partial charge >= 0.3 is 6.09 Å². The third kappa shape index (κ3) is 2.97. The molecule has 122 valence electrons. The van der Waals surface area contributed by atoms with E-state index < -0.39 is 0 Å². The summed E-state index contributed by atoms with van der Waals surface area (Å²) in [4.78, 5) is 20.9. The third-order valence-electron chi connectivity index (χ3n) is 3.76. The van der Waals surface area contributed by atoms with Crippen LogP contribution in [0.3, 0.4) is 0 Å². The molecule has 1 atom stereocenters. The Morgan fingerprint density at radius 3 is 3.36 bits per heavy atom. The average molecular weight is 327 g/mol. The highest BCUT2D eigenvalue weighted by molar-refractivity contribution is 6.34. The molecule has 1 fully saturated rings.